The van der Waals surface area contributed by atoms with Gasteiger partial charge in [-0.2, -0.15) is 0 Å². The SMILES string of the molecule is COc1cc(N=Nc2sc(C(C)O)cc2[N+](=O)[O-])c(NC(C)=O)cc1N(CCO)CCO. The van der Waals surface area contributed by atoms with Crippen LogP contribution < -0.4 is 15.0 Å². The van der Waals surface area contributed by atoms with Crippen LogP contribution in [0.3, 0.4) is 0 Å². The molecule has 13 heteroatoms. The highest BCUT2D eigenvalue weighted by molar-refractivity contribution is 7.16. The third-order valence-corrected chi connectivity index (χ3v) is 5.44. The van der Waals surface area contributed by atoms with E-state index in [0.717, 1.165) is 11.3 Å². The number of thiophene rings is 1. The standard InChI is InChI=1S/C19H25N5O7S/c1-11(27)18-10-16(24(29)30)19(32-18)22-21-14-9-17(31-3)15(8-13(14)20-12(2)28)23(4-6-25)5-7-26/h8-11,25-27H,4-7H2,1-3H3,(H,20,28). The van der Waals surface area contributed by atoms with Crippen molar-refractivity contribution in [3.8, 4) is 5.75 Å². The van der Waals surface area contributed by atoms with Gasteiger partial charge in [-0.25, -0.2) is 0 Å². The number of ether oxygens (including phenoxy) is 1. The van der Waals surface area contributed by atoms with Crippen LogP contribution in [0.4, 0.5) is 27.8 Å². The number of nitro groups is 1. The van der Waals surface area contributed by atoms with Gasteiger partial charge in [-0.1, -0.05) is 0 Å². The fraction of sp³-hybridized carbons (Fsp3) is 0.421. The lowest BCUT2D eigenvalue weighted by molar-refractivity contribution is -0.383. The van der Waals surface area contributed by atoms with Crippen LogP contribution in [0.25, 0.3) is 0 Å². The smallest absolute Gasteiger partial charge is 0.308 e. The Morgan fingerprint density at radius 2 is 1.94 bits per heavy atom. The number of carbonyl (C=O) groups is 1. The van der Waals surface area contributed by atoms with E-state index in [0.29, 0.717) is 16.3 Å². The molecular formula is C19H25N5O7S. The molecule has 1 aromatic carbocycles. The zero-order valence-electron chi connectivity index (χ0n) is 17.8. The average Bonchev–Trinajstić information content (AvgIpc) is 3.17. The van der Waals surface area contributed by atoms with Gasteiger partial charge >= 0.3 is 5.69 Å². The van der Waals surface area contributed by atoms with Gasteiger partial charge in [-0.3, -0.25) is 14.9 Å². The second-order valence-electron chi connectivity index (χ2n) is 6.63. The number of carbonyl (C=O) groups excluding carboxylic acids is 1. The Kier molecular flexibility index (Phi) is 9.02. The van der Waals surface area contributed by atoms with E-state index in [1.54, 1.807) is 11.0 Å². The predicted octanol–water partition coefficient (Wildman–Crippen LogP) is 2.88. The molecule has 2 rings (SSSR count). The highest BCUT2D eigenvalue weighted by Gasteiger charge is 2.22. The van der Waals surface area contributed by atoms with Crippen LogP contribution in [-0.4, -0.2) is 59.6 Å². The summed E-state index contributed by atoms with van der Waals surface area (Å²) < 4.78 is 5.41. The average molecular weight is 468 g/mol. The lowest BCUT2D eigenvalue weighted by atomic mass is 10.2. The number of hydrogen-bond acceptors (Lipinski definition) is 11. The van der Waals surface area contributed by atoms with E-state index in [1.165, 1.54) is 33.1 Å². The van der Waals surface area contributed by atoms with Crippen LogP contribution >= 0.6 is 11.3 Å². The van der Waals surface area contributed by atoms with E-state index in [-0.39, 0.29) is 54.3 Å². The molecule has 0 fully saturated rings. The molecule has 1 heterocycles. The molecular weight excluding hydrogens is 442 g/mol. The van der Waals surface area contributed by atoms with E-state index in [1.807, 2.05) is 0 Å². The molecule has 12 nitrogen and oxygen atoms in total. The topological polar surface area (TPSA) is 170 Å². The number of hydrogen-bond donors (Lipinski definition) is 4. The van der Waals surface area contributed by atoms with E-state index >= 15 is 0 Å². The molecule has 1 aromatic heterocycles. The number of nitrogens with zero attached hydrogens (tertiary/aromatic N) is 4. The molecule has 174 valence electrons. The molecule has 0 radical (unpaired) electrons. The number of amides is 1. The van der Waals surface area contributed by atoms with Crippen molar-refractivity contribution in [1.29, 1.82) is 0 Å². The van der Waals surface area contributed by atoms with Gasteiger partial charge in [0.15, 0.2) is 0 Å². The summed E-state index contributed by atoms with van der Waals surface area (Å²) in [4.78, 5) is 24.5. The van der Waals surface area contributed by atoms with Crippen LogP contribution in [0.1, 0.15) is 24.8 Å². The molecule has 0 bridgehead atoms. The normalized spacial score (nSPS) is 12.1. The Balaban J connectivity index is 2.57. The minimum Gasteiger partial charge on any atom is -0.494 e. The fourth-order valence-electron chi connectivity index (χ4n) is 2.83. The third-order valence-electron chi connectivity index (χ3n) is 4.26. The minimum absolute atomic E-state index is 0.00935. The molecule has 4 N–H and O–H groups in total. The highest BCUT2D eigenvalue weighted by atomic mass is 32.1. The summed E-state index contributed by atoms with van der Waals surface area (Å²) in [7, 11) is 1.42. The van der Waals surface area contributed by atoms with Gasteiger partial charge in [0.05, 0.1) is 42.7 Å². The Morgan fingerprint density at radius 3 is 2.44 bits per heavy atom. The van der Waals surface area contributed by atoms with E-state index in [9.17, 15) is 30.2 Å². The van der Waals surface area contributed by atoms with Gasteiger partial charge in [-0.15, -0.1) is 21.6 Å². The molecule has 1 atom stereocenters. The summed E-state index contributed by atoms with van der Waals surface area (Å²) >= 11 is 0.932. The Labute approximate surface area is 187 Å². The molecule has 1 unspecified atom stereocenters. The summed E-state index contributed by atoms with van der Waals surface area (Å²) in [6, 6.07) is 4.29. The molecule has 32 heavy (non-hydrogen) atoms. The van der Waals surface area contributed by atoms with E-state index in [2.05, 4.69) is 15.5 Å². The Bertz CT molecular complexity index is 987. The number of nitrogens with one attached hydrogen (secondary N) is 1. The molecule has 0 aliphatic heterocycles. The van der Waals surface area contributed by atoms with Gasteiger partial charge in [0.25, 0.3) is 0 Å². The number of rotatable bonds is 11. The Morgan fingerprint density at radius 1 is 1.28 bits per heavy atom. The second-order valence-corrected chi connectivity index (χ2v) is 7.69. The molecule has 2 aromatic rings. The molecule has 0 saturated heterocycles. The highest BCUT2D eigenvalue weighted by Crippen LogP contribution is 2.43. The van der Waals surface area contributed by atoms with Gasteiger partial charge in [-0.05, 0) is 13.0 Å². The second kappa shape index (κ2) is 11.5. The maximum absolute atomic E-state index is 11.7. The number of anilines is 2. The first-order valence-electron chi connectivity index (χ1n) is 9.56. The van der Waals surface area contributed by atoms with Crippen molar-refractivity contribution in [3.63, 3.8) is 0 Å². The number of azo groups is 1. The zero-order chi connectivity index (χ0) is 23.8. The Hall–Kier alpha value is -3.13. The quantitative estimate of drug-likeness (QED) is 0.222. The van der Waals surface area contributed by atoms with Gasteiger partial charge in [0.2, 0.25) is 10.9 Å². The lowest BCUT2D eigenvalue weighted by Gasteiger charge is -2.26. The monoisotopic (exact) mass is 467 g/mol. The lowest BCUT2D eigenvalue weighted by Crippen LogP contribution is -2.30. The number of aliphatic hydroxyl groups excluding tert-OH is 3. The van der Waals surface area contributed by atoms with Crippen molar-refractivity contribution < 1.29 is 29.8 Å². The van der Waals surface area contributed by atoms with Crippen molar-refractivity contribution >= 4 is 45.0 Å². The largest absolute Gasteiger partial charge is 0.494 e. The van der Waals surface area contributed by atoms with Crippen molar-refractivity contribution in [1.82, 2.24) is 0 Å². The fourth-order valence-corrected chi connectivity index (χ4v) is 3.72. The molecule has 1 amide bonds. The first-order chi connectivity index (χ1) is 15.2. The predicted molar refractivity (Wildman–Crippen MR) is 119 cm³/mol. The van der Waals surface area contributed by atoms with Crippen LogP contribution in [-0.2, 0) is 4.79 Å². The van der Waals surface area contributed by atoms with Crippen LogP contribution in [0.2, 0.25) is 0 Å². The van der Waals surface area contributed by atoms with Gasteiger partial charge in [0.1, 0.15) is 11.4 Å². The first kappa shape index (κ1) is 25.1. The van der Waals surface area contributed by atoms with Crippen molar-refractivity contribution in [3.05, 3.63) is 33.2 Å². The zero-order valence-corrected chi connectivity index (χ0v) is 18.6. The van der Waals surface area contributed by atoms with E-state index in [4.69, 9.17) is 4.74 Å². The van der Waals surface area contributed by atoms with Crippen LogP contribution in [0, 0.1) is 10.1 Å². The van der Waals surface area contributed by atoms with Crippen molar-refractivity contribution in [2.24, 2.45) is 10.2 Å². The maximum Gasteiger partial charge on any atom is 0.308 e. The molecule has 0 aliphatic carbocycles. The summed E-state index contributed by atoms with van der Waals surface area (Å²) in [5.41, 5.74) is 0.635. The first-order valence-corrected chi connectivity index (χ1v) is 10.4. The third kappa shape index (κ3) is 6.20. The summed E-state index contributed by atoms with van der Waals surface area (Å²) in [5.74, 6) is -0.0489. The molecule has 0 aliphatic rings. The molecule has 0 saturated carbocycles. The van der Waals surface area contributed by atoms with Gasteiger partial charge in [0, 0.05) is 37.0 Å². The maximum atomic E-state index is 11.7. The number of methoxy groups -OCH3 is 1. The van der Waals surface area contributed by atoms with Gasteiger partial charge < -0.3 is 30.3 Å². The summed E-state index contributed by atoms with van der Waals surface area (Å²) in [6.07, 6.45) is -0.902. The van der Waals surface area contributed by atoms with Crippen LogP contribution in [0.15, 0.2) is 28.4 Å². The number of aliphatic hydroxyl groups is 3. The summed E-state index contributed by atoms with van der Waals surface area (Å²) in [6.45, 7) is 2.87. The number of benzene rings is 1. The summed E-state index contributed by atoms with van der Waals surface area (Å²) in [5, 5.41) is 50.4. The minimum atomic E-state index is -0.902. The molecule has 0 spiro atoms. The van der Waals surface area contributed by atoms with Crippen LogP contribution in [0.5, 0.6) is 5.75 Å². The van der Waals surface area contributed by atoms with Crippen molar-refractivity contribution in [2.75, 3.05) is 43.6 Å². The van der Waals surface area contributed by atoms with E-state index < -0.39 is 11.0 Å². The van der Waals surface area contributed by atoms with Crippen molar-refractivity contribution in [2.45, 2.75) is 20.0 Å².